The Balaban J connectivity index is 1.91. The van der Waals surface area contributed by atoms with Gasteiger partial charge in [-0.1, -0.05) is 12.1 Å². The van der Waals surface area contributed by atoms with Crippen molar-refractivity contribution in [1.82, 2.24) is 0 Å². The zero-order valence-corrected chi connectivity index (χ0v) is 20.7. The Hall–Kier alpha value is -0.890. The van der Waals surface area contributed by atoms with Gasteiger partial charge in [0.2, 0.25) is 0 Å². The van der Waals surface area contributed by atoms with Crippen LogP contribution in [0.15, 0.2) is 35.0 Å². The minimum absolute atomic E-state index is 0.434. The first kappa shape index (κ1) is 22.3. The molecule has 2 aliphatic heterocycles. The van der Waals surface area contributed by atoms with E-state index in [2.05, 4.69) is 90.4 Å². The summed E-state index contributed by atoms with van der Waals surface area (Å²) in [6, 6.07) is 8.34. The van der Waals surface area contributed by atoms with Crippen molar-refractivity contribution >= 4 is 47.9 Å². The molecule has 4 heterocycles. The van der Waals surface area contributed by atoms with Crippen molar-refractivity contribution in [3.63, 3.8) is 0 Å². The molecule has 30 heavy (non-hydrogen) atoms. The molecule has 8 heteroatoms. The normalized spacial score (nSPS) is 24.9. The van der Waals surface area contributed by atoms with E-state index in [9.17, 15) is 0 Å². The summed E-state index contributed by atoms with van der Waals surface area (Å²) in [7, 11) is -1.02. The van der Waals surface area contributed by atoms with Crippen LogP contribution in [0.4, 0.5) is 0 Å². The summed E-state index contributed by atoms with van der Waals surface area (Å²) < 4.78 is 26.1. The fourth-order valence-corrected chi connectivity index (χ4v) is 5.13. The van der Waals surface area contributed by atoms with Crippen molar-refractivity contribution in [3.8, 4) is 0 Å². The SMILES string of the molecule is CC1(C)OB(/C(=C(/B2OC(C)(C)C(C)(C)O2)c2cccs2)c2cccs2)OC1(C)C. The standard InChI is InChI=1S/C22H30B2O4S2/c1-19(2)20(3,4)26-23(25-19)17(15-11-9-13-29-15)18(16-12-10-14-30-16)24-27-21(5,6)22(7,8)28-24/h9-14H,1-8H3/b18-17+. The van der Waals surface area contributed by atoms with Gasteiger partial charge in [-0.05, 0) is 78.3 Å². The number of hydrogen-bond acceptors (Lipinski definition) is 6. The molecule has 0 aromatic carbocycles. The van der Waals surface area contributed by atoms with E-state index in [0.29, 0.717) is 0 Å². The molecule has 0 spiro atoms. The second-order valence-corrected chi connectivity index (χ2v) is 11.9. The number of hydrogen-bond donors (Lipinski definition) is 0. The van der Waals surface area contributed by atoms with Crippen molar-refractivity contribution in [2.24, 2.45) is 0 Å². The molecule has 0 aliphatic carbocycles. The van der Waals surface area contributed by atoms with Gasteiger partial charge in [-0.15, -0.1) is 22.7 Å². The predicted octanol–water partition coefficient (Wildman–Crippen LogP) is 5.98. The van der Waals surface area contributed by atoms with E-state index in [1.54, 1.807) is 22.7 Å². The topological polar surface area (TPSA) is 36.9 Å². The lowest BCUT2D eigenvalue weighted by Crippen LogP contribution is -2.41. The van der Waals surface area contributed by atoms with E-state index in [1.807, 2.05) is 0 Å². The molecule has 2 fully saturated rings. The highest BCUT2D eigenvalue weighted by molar-refractivity contribution is 7.15. The fraction of sp³-hybridized carbons (Fsp3) is 0.545. The van der Waals surface area contributed by atoms with Crippen LogP contribution in [0.5, 0.6) is 0 Å². The molecular formula is C22H30B2O4S2. The molecule has 2 aromatic rings. The summed E-state index contributed by atoms with van der Waals surface area (Å²) in [5, 5.41) is 4.16. The van der Waals surface area contributed by atoms with Crippen LogP contribution in [0.3, 0.4) is 0 Å². The third-order valence-electron chi connectivity index (χ3n) is 6.84. The van der Waals surface area contributed by atoms with Crippen LogP contribution in [0.25, 0.3) is 10.9 Å². The second kappa shape index (κ2) is 7.32. The minimum atomic E-state index is -0.509. The molecular weight excluding hydrogens is 414 g/mol. The van der Waals surface area contributed by atoms with Gasteiger partial charge in [0, 0.05) is 20.7 Å². The van der Waals surface area contributed by atoms with Crippen molar-refractivity contribution in [2.45, 2.75) is 77.8 Å². The van der Waals surface area contributed by atoms with Gasteiger partial charge in [-0.3, -0.25) is 0 Å². The highest BCUT2D eigenvalue weighted by Gasteiger charge is 2.57. The van der Waals surface area contributed by atoms with Gasteiger partial charge in [0.1, 0.15) is 0 Å². The first-order valence-corrected chi connectivity index (χ1v) is 12.1. The third-order valence-corrected chi connectivity index (χ3v) is 8.65. The predicted molar refractivity (Wildman–Crippen MR) is 128 cm³/mol. The monoisotopic (exact) mass is 444 g/mol. The summed E-state index contributed by atoms with van der Waals surface area (Å²) in [5.74, 6) is 0. The van der Waals surface area contributed by atoms with Crippen LogP contribution in [-0.4, -0.2) is 36.6 Å². The van der Waals surface area contributed by atoms with Gasteiger partial charge >= 0.3 is 14.2 Å². The molecule has 0 saturated carbocycles. The zero-order chi connectivity index (χ0) is 21.9. The molecule has 0 N–H and O–H groups in total. The summed E-state index contributed by atoms with van der Waals surface area (Å²) in [5.41, 5.74) is 0.245. The van der Waals surface area contributed by atoms with Crippen LogP contribution < -0.4 is 0 Å². The molecule has 4 nitrogen and oxygen atoms in total. The molecule has 2 saturated heterocycles. The Morgan fingerprint density at radius 1 is 0.600 bits per heavy atom. The Morgan fingerprint density at radius 3 is 1.13 bits per heavy atom. The van der Waals surface area contributed by atoms with Crippen LogP contribution in [0.2, 0.25) is 0 Å². The molecule has 0 radical (unpaired) electrons. The fourth-order valence-electron chi connectivity index (χ4n) is 3.54. The Labute approximate surface area is 188 Å². The zero-order valence-electron chi connectivity index (χ0n) is 19.1. The Bertz CT molecular complexity index is 822. The molecule has 160 valence electrons. The molecule has 0 atom stereocenters. The average molecular weight is 444 g/mol. The first-order chi connectivity index (χ1) is 13.8. The summed E-state index contributed by atoms with van der Waals surface area (Å²) in [6.45, 7) is 16.7. The summed E-state index contributed by atoms with van der Waals surface area (Å²) in [4.78, 5) is 2.21. The summed E-state index contributed by atoms with van der Waals surface area (Å²) in [6.07, 6.45) is 0. The van der Waals surface area contributed by atoms with Crippen molar-refractivity contribution in [2.75, 3.05) is 0 Å². The largest absolute Gasteiger partial charge is 0.495 e. The number of rotatable bonds is 4. The van der Waals surface area contributed by atoms with E-state index in [4.69, 9.17) is 18.6 Å². The number of thiophene rings is 2. The van der Waals surface area contributed by atoms with Crippen LogP contribution in [-0.2, 0) is 18.6 Å². The van der Waals surface area contributed by atoms with Gasteiger partial charge < -0.3 is 18.6 Å². The molecule has 4 rings (SSSR count). The quantitative estimate of drug-likeness (QED) is 0.544. The maximum atomic E-state index is 6.51. The third kappa shape index (κ3) is 3.65. The van der Waals surface area contributed by atoms with Crippen LogP contribution >= 0.6 is 22.7 Å². The van der Waals surface area contributed by atoms with Crippen molar-refractivity contribution in [3.05, 3.63) is 44.8 Å². The molecule has 0 unspecified atom stereocenters. The van der Waals surface area contributed by atoms with Crippen LogP contribution in [0.1, 0.15) is 65.1 Å². The average Bonchev–Trinajstić information content (AvgIpc) is 3.35. The Morgan fingerprint density at radius 2 is 0.900 bits per heavy atom. The van der Waals surface area contributed by atoms with E-state index in [-0.39, 0.29) is 0 Å². The van der Waals surface area contributed by atoms with Crippen LogP contribution in [0, 0.1) is 0 Å². The molecule has 0 bridgehead atoms. The summed E-state index contributed by atoms with van der Waals surface area (Å²) >= 11 is 3.36. The highest BCUT2D eigenvalue weighted by Crippen LogP contribution is 2.47. The van der Waals surface area contributed by atoms with Gasteiger partial charge in [0.15, 0.2) is 0 Å². The lowest BCUT2D eigenvalue weighted by Gasteiger charge is -2.32. The van der Waals surface area contributed by atoms with Gasteiger partial charge in [0.05, 0.1) is 22.4 Å². The second-order valence-electron chi connectivity index (χ2n) is 9.96. The Kier molecular flexibility index (Phi) is 5.45. The lowest BCUT2D eigenvalue weighted by molar-refractivity contribution is 0.00578. The smallest absolute Gasteiger partial charge is 0.399 e. The minimum Gasteiger partial charge on any atom is -0.399 e. The van der Waals surface area contributed by atoms with E-state index < -0.39 is 36.6 Å². The van der Waals surface area contributed by atoms with E-state index in [0.717, 1.165) is 20.7 Å². The molecule has 0 amide bonds. The van der Waals surface area contributed by atoms with Crippen molar-refractivity contribution < 1.29 is 18.6 Å². The maximum Gasteiger partial charge on any atom is 0.495 e. The van der Waals surface area contributed by atoms with Crippen molar-refractivity contribution in [1.29, 1.82) is 0 Å². The van der Waals surface area contributed by atoms with E-state index in [1.165, 1.54) is 0 Å². The van der Waals surface area contributed by atoms with Gasteiger partial charge in [-0.2, -0.15) is 0 Å². The highest BCUT2D eigenvalue weighted by atomic mass is 32.1. The maximum absolute atomic E-state index is 6.51. The lowest BCUT2D eigenvalue weighted by atomic mass is 9.63. The van der Waals surface area contributed by atoms with Gasteiger partial charge in [-0.25, -0.2) is 0 Å². The van der Waals surface area contributed by atoms with Gasteiger partial charge in [0.25, 0.3) is 0 Å². The molecule has 2 aliphatic rings. The first-order valence-electron chi connectivity index (χ1n) is 10.4. The molecule has 2 aromatic heterocycles. The van der Waals surface area contributed by atoms with E-state index >= 15 is 0 Å².